The highest BCUT2D eigenvalue weighted by atomic mass is 19.1. The summed E-state index contributed by atoms with van der Waals surface area (Å²) in [5, 5.41) is 0. The van der Waals surface area contributed by atoms with E-state index in [1.165, 1.54) is 18.6 Å². The molecule has 0 amide bonds. The number of Topliss-reactive ketones (excluding diaryl/α,β-unsaturated/α-hetero) is 1. The maximum absolute atomic E-state index is 14.0. The highest BCUT2D eigenvalue weighted by Crippen LogP contribution is 2.40. The van der Waals surface area contributed by atoms with Crippen molar-refractivity contribution in [3.8, 4) is 0 Å². The van der Waals surface area contributed by atoms with Crippen molar-refractivity contribution in [3.63, 3.8) is 0 Å². The highest BCUT2D eigenvalue weighted by molar-refractivity contribution is 6.03. The van der Waals surface area contributed by atoms with E-state index in [0.29, 0.717) is 0 Å². The molecule has 21 heavy (non-hydrogen) atoms. The van der Waals surface area contributed by atoms with Gasteiger partial charge in [-0.15, -0.1) is 0 Å². The van der Waals surface area contributed by atoms with Gasteiger partial charge in [-0.3, -0.25) is 9.69 Å². The number of carbonyl (C=O) groups excluding carboxylic acids is 1. The predicted octanol–water partition coefficient (Wildman–Crippen LogP) is 3.95. The molecule has 114 valence electrons. The van der Waals surface area contributed by atoms with Gasteiger partial charge in [-0.2, -0.15) is 0 Å². The number of piperidine rings is 1. The Balaban J connectivity index is 1.94. The van der Waals surface area contributed by atoms with Crippen LogP contribution in [-0.4, -0.2) is 29.3 Å². The van der Waals surface area contributed by atoms with Gasteiger partial charge < -0.3 is 0 Å². The topological polar surface area (TPSA) is 20.3 Å². The fraction of sp³-hybridized carbons (Fsp3) is 0.588. The van der Waals surface area contributed by atoms with E-state index >= 15 is 0 Å². The standard InChI is InChI=1S/C17H21F2NO/c18-13-6-7-14(15(19)12-13)16(21)17(8-2-3-9-17)20-10-4-1-5-11-20/h6-7,12H,1-5,8-11H2. The van der Waals surface area contributed by atoms with Gasteiger partial charge in [0.15, 0.2) is 5.78 Å². The lowest BCUT2D eigenvalue weighted by Crippen LogP contribution is -2.54. The van der Waals surface area contributed by atoms with Crippen LogP contribution < -0.4 is 0 Å². The van der Waals surface area contributed by atoms with Crippen molar-refractivity contribution in [2.75, 3.05) is 13.1 Å². The molecule has 0 atom stereocenters. The van der Waals surface area contributed by atoms with Crippen LogP contribution in [0, 0.1) is 11.6 Å². The molecule has 1 saturated heterocycles. The summed E-state index contributed by atoms with van der Waals surface area (Å²) in [7, 11) is 0. The minimum absolute atomic E-state index is 0.0453. The quantitative estimate of drug-likeness (QED) is 0.787. The Bertz CT molecular complexity index is 532. The first-order chi connectivity index (χ1) is 10.1. The van der Waals surface area contributed by atoms with Gasteiger partial charge in [0.25, 0.3) is 0 Å². The van der Waals surface area contributed by atoms with Crippen molar-refractivity contribution in [1.29, 1.82) is 0 Å². The van der Waals surface area contributed by atoms with E-state index in [0.717, 1.165) is 57.7 Å². The van der Waals surface area contributed by atoms with E-state index in [9.17, 15) is 13.6 Å². The van der Waals surface area contributed by atoms with E-state index in [2.05, 4.69) is 4.90 Å². The van der Waals surface area contributed by atoms with Crippen molar-refractivity contribution < 1.29 is 13.6 Å². The molecule has 3 rings (SSSR count). The number of hydrogen-bond acceptors (Lipinski definition) is 2. The monoisotopic (exact) mass is 293 g/mol. The van der Waals surface area contributed by atoms with Gasteiger partial charge in [0.2, 0.25) is 0 Å². The third kappa shape index (κ3) is 2.61. The Morgan fingerprint density at radius 1 is 1.00 bits per heavy atom. The number of halogens is 2. The maximum Gasteiger partial charge on any atom is 0.186 e. The minimum Gasteiger partial charge on any atom is -0.292 e. The molecule has 4 heteroatoms. The molecule has 0 N–H and O–H groups in total. The van der Waals surface area contributed by atoms with Crippen LogP contribution in [0.1, 0.15) is 55.3 Å². The number of nitrogens with zero attached hydrogens (tertiary/aromatic N) is 1. The summed E-state index contributed by atoms with van der Waals surface area (Å²) in [4.78, 5) is 15.3. The van der Waals surface area contributed by atoms with Crippen molar-refractivity contribution in [2.45, 2.75) is 50.5 Å². The number of carbonyl (C=O) groups is 1. The molecule has 0 aromatic heterocycles. The molecule has 1 saturated carbocycles. The second-order valence-electron chi connectivity index (χ2n) is 6.24. The summed E-state index contributed by atoms with van der Waals surface area (Å²) in [6.45, 7) is 1.82. The smallest absolute Gasteiger partial charge is 0.186 e. The molecule has 2 aliphatic rings. The van der Waals surface area contributed by atoms with E-state index in [-0.39, 0.29) is 11.3 Å². The molecule has 1 aromatic rings. The van der Waals surface area contributed by atoms with Crippen LogP contribution in [0.5, 0.6) is 0 Å². The molecule has 0 radical (unpaired) electrons. The van der Waals surface area contributed by atoms with Gasteiger partial charge in [0.1, 0.15) is 11.6 Å². The Kier molecular flexibility index (Phi) is 4.07. The molecule has 1 aliphatic carbocycles. The van der Waals surface area contributed by atoms with E-state index in [1.54, 1.807) is 0 Å². The number of benzene rings is 1. The van der Waals surface area contributed by atoms with E-state index in [4.69, 9.17) is 0 Å². The zero-order valence-corrected chi connectivity index (χ0v) is 12.2. The summed E-state index contributed by atoms with van der Waals surface area (Å²) in [5.74, 6) is -1.52. The van der Waals surface area contributed by atoms with Gasteiger partial charge in [-0.1, -0.05) is 19.3 Å². The normalized spacial score (nSPS) is 22.4. The summed E-state index contributed by atoms with van der Waals surface area (Å²) >= 11 is 0. The fourth-order valence-electron chi connectivity index (χ4n) is 3.89. The Labute approximate surface area is 124 Å². The number of hydrogen-bond donors (Lipinski definition) is 0. The average Bonchev–Trinajstić information content (AvgIpc) is 2.98. The van der Waals surface area contributed by atoms with Crippen LogP contribution in [0.3, 0.4) is 0 Å². The second kappa shape index (κ2) is 5.84. The summed E-state index contributed by atoms with van der Waals surface area (Å²) in [6.07, 6.45) is 6.99. The van der Waals surface area contributed by atoms with Crippen LogP contribution in [0.2, 0.25) is 0 Å². The Morgan fingerprint density at radius 3 is 2.29 bits per heavy atom. The summed E-state index contributed by atoms with van der Waals surface area (Å²) < 4.78 is 27.1. The molecule has 1 heterocycles. The van der Waals surface area contributed by atoms with Crippen LogP contribution in [0.15, 0.2) is 18.2 Å². The lowest BCUT2D eigenvalue weighted by atomic mass is 9.84. The number of ketones is 1. The second-order valence-corrected chi connectivity index (χ2v) is 6.24. The Morgan fingerprint density at radius 2 is 1.67 bits per heavy atom. The van der Waals surface area contributed by atoms with Gasteiger partial charge in [-0.05, 0) is 50.9 Å². The van der Waals surface area contributed by atoms with Crippen LogP contribution in [0.25, 0.3) is 0 Å². The zero-order valence-electron chi connectivity index (χ0n) is 12.2. The third-order valence-electron chi connectivity index (χ3n) is 4.99. The first-order valence-corrected chi connectivity index (χ1v) is 7.88. The van der Waals surface area contributed by atoms with Crippen molar-refractivity contribution in [2.24, 2.45) is 0 Å². The largest absolute Gasteiger partial charge is 0.292 e. The predicted molar refractivity (Wildman–Crippen MR) is 77.3 cm³/mol. The lowest BCUT2D eigenvalue weighted by Gasteiger charge is -2.42. The summed E-state index contributed by atoms with van der Waals surface area (Å²) in [5.41, 5.74) is -0.511. The van der Waals surface area contributed by atoms with Crippen LogP contribution in [-0.2, 0) is 0 Å². The molecule has 0 unspecified atom stereocenters. The van der Waals surface area contributed by atoms with E-state index < -0.39 is 17.2 Å². The maximum atomic E-state index is 14.0. The first-order valence-electron chi connectivity index (χ1n) is 7.88. The number of likely N-dealkylation sites (tertiary alicyclic amines) is 1. The van der Waals surface area contributed by atoms with Crippen molar-refractivity contribution in [3.05, 3.63) is 35.4 Å². The molecule has 2 nitrogen and oxygen atoms in total. The molecular weight excluding hydrogens is 272 g/mol. The molecule has 1 aromatic carbocycles. The molecular formula is C17H21F2NO. The van der Waals surface area contributed by atoms with Crippen molar-refractivity contribution in [1.82, 2.24) is 4.90 Å². The van der Waals surface area contributed by atoms with Crippen LogP contribution in [0.4, 0.5) is 8.78 Å². The van der Waals surface area contributed by atoms with Gasteiger partial charge >= 0.3 is 0 Å². The molecule has 2 fully saturated rings. The number of rotatable bonds is 3. The molecule has 1 aliphatic heterocycles. The van der Waals surface area contributed by atoms with Gasteiger partial charge in [0.05, 0.1) is 11.1 Å². The lowest BCUT2D eigenvalue weighted by molar-refractivity contribution is 0.0473. The van der Waals surface area contributed by atoms with Crippen molar-refractivity contribution >= 4 is 5.78 Å². The van der Waals surface area contributed by atoms with E-state index in [1.807, 2.05) is 0 Å². The zero-order chi connectivity index (χ0) is 14.9. The summed E-state index contributed by atoms with van der Waals surface area (Å²) in [6, 6.07) is 3.29. The average molecular weight is 293 g/mol. The van der Waals surface area contributed by atoms with Gasteiger partial charge in [-0.25, -0.2) is 8.78 Å². The van der Waals surface area contributed by atoms with Crippen LogP contribution >= 0.6 is 0 Å². The minimum atomic E-state index is -0.733. The first kappa shape index (κ1) is 14.6. The molecule has 0 spiro atoms. The highest BCUT2D eigenvalue weighted by Gasteiger charge is 2.46. The third-order valence-corrected chi connectivity index (χ3v) is 4.99. The Hall–Kier alpha value is -1.29. The molecule has 0 bridgehead atoms. The fourth-order valence-corrected chi connectivity index (χ4v) is 3.89. The SMILES string of the molecule is O=C(c1ccc(F)cc1F)C1(N2CCCCC2)CCCC1. The van der Waals surface area contributed by atoms with Gasteiger partial charge in [0, 0.05) is 6.07 Å².